The summed E-state index contributed by atoms with van der Waals surface area (Å²) in [4.78, 5) is 9.24. The van der Waals surface area contributed by atoms with E-state index in [1.54, 1.807) is 0 Å². The highest BCUT2D eigenvalue weighted by Gasteiger charge is 2.23. The van der Waals surface area contributed by atoms with E-state index in [0.29, 0.717) is 5.92 Å². The maximum absolute atomic E-state index is 4.78. The van der Waals surface area contributed by atoms with Gasteiger partial charge in [-0.05, 0) is 44.8 Å². The predicted molar refractivity (Wildman–Crippen MR) is 63.5 cm³/mol. The first kappa shape index (κ1) is 10.2. The standard InChI is InChI=1S/C13H19N3/c1-2-10(3-1)12-6-9-15-13(16-12)11-4-7-14-8-5-11/h6,9-11,14H,1-5,7-8H2. The molecule has 1 aliphatic carbocycles. The molecule has 1 aromatic rings. The average molecular weight is 217 g/mol. The van der Waals surface area contributed by atoms with E-state index in [9.17, 15) is 0 Å². The number of aromatic nitrogens is 2. The lowest BCUT2D eigenvalue weighted by atomic mass is 9.83. The van der Waals surface area contributed by atoms with E-state index < -0.39 is 0 Å². The van der Waals surface area contributed by atoms with E-state index >= 15 is 0 Å². The normalized spacial score (nSPS) is 23.0. The van der Waals surface area contributed by atoms with Gasteiger partial charge in [-0.25, -0.2) is 9.97 Å². The molecule has 3 heteroatoms. The third-order valence-electron chi connectivity index (χ3n) is 3.92. The van der Waals surface area contributed by atoms with Crippen LogP contribution in [-0.4, -0.2) is 23.1 Å². The second-order valence-electron chi connectivity index (χ2n) is 4.99. The molecule has 1 aromatic heterocycles. The van der Waals surface area contributed by atoms with Crippen molar-refractivity contribution in [3.63, 3.8) is 0 Å². The van der Waals surface area contributed by atoms with Gasteiger partial charge in [-0.3, -0.25) is 0 Å². The largest absolute Gasteiger partial charge is 0.317 e. The Bertz CT molecular complexity index is 354. The van der Waals surface area contributed by atoms with Crippen molar-refractivity contribution in [2.45, 2.75) is 43.9 Å². The summed E-state index contributed by atoms with van der Waals surface area (Å²) in [5.41, 5.74) is 1.29. The minimum atomic E-state index is 0.585. The Morgan fingerprint density at radius 3 is 2.56 bits per heavy atom. The molecule has 1 saturated carbocycles. The smallest absolute Gasteiger partial charge is 0.131 e. The molecule has 1 saturated heterocycles. The number of piperidine rings is 1. The summed E-state index contributed by atoms with van der Waals surface area (Å²) in [6, 6.07) is 2.11. The minimum absolute atomic E-state index is 0.585. The molecule has 0 spiro atoms. The zero-order valence-corrected chi connectivity index (χ0v) is 9.65. The molecule has 1 N–H and O–H groups in total. The molecule has 2 heterocycles. The highest BCUT2D eigenvalue weighted by atomic mass is 14.9. The van der Waals surface area contributed by atoms with Crippen LogP contribution in [0.5, 0.6) is 0 Å². The Balaban J connectivity index is 1.77. The molecule has 0 atom stereocenters. The maximum atomic E-state index is 4.78. The van der Waals surface area contributed by atoms with Gasteiger partial charge in [0.2, 0.25) is 0 Å². The molecule has 2 fully saturated rings. The van der Waals surface area contributed by atoms with Crippen LogP contribution in [0.2, 0.25) is 0 Å². The van der Waals surface area contributed by atoms with Gasteiger partial charge in [0.1, 0.15) is 5.82 Å². The van der Waals surface area contributed by atoms with Crippen molar-refractivity contribution in [1.29, 1.82) is 0 Å². The highest BCUT2D eigenvalue weighted by Crippen LogP contribution is 2.35. The molecule has 0 bridgehead atoms. The summed E-state index contributed by atoms with van der Waals surface area (Å²) in [5, 5.41) is 3.39. The van der Waals surface area contributed by atoms with Crippen LogP contribution in [0.3, 0.4) is 0 Å². The first-order chi connectivity index (χ1) is 7.93. The van der Waals surface area contributed by atoms with Crippen LogP contribution in [0.1, 0.15) is 55.5 Å². The SMILES string of the molecule is c1cc(C2CCC2)nc(C2CCNCC2)n1. The van der Waals surface area contributed by atoms with Crippen LogP contribution in [0.15, 0.2) is 12.3 Å². The molecular formula is C13H19N3. The Kier molecular flexibility index (Phi) is 2.87. The van der Waals surface area contributed by atoms with Gasteiger partial charge < -0.3 is 5.32 Å². The fourth-order valence-electron chi connectivity index (χ4n) is 2.60. The summed E-state index contributed by atoms with van der Waals surface area (Å²) in [6.45, 7) is 2.23. The summed E-state index contributed by atoms with van der Waals surface area (Å²) in [7, 11) is 0. The topological polar surface area (TPSA) is 37.8 Å². The first-order valence-electron chi connectivity index (χ1n) is 6.47. The summed E-state index contributed by atoms with van der Waals surface area (Å²) >= 11 is 0. The van der Waals surface area contributed by atoms with Crippen molar-refractivity contribution < 1.29 is 0 Å². The van der Waals surface area contributed by atoms with Crippen LogP contribution in [-0.2, 0) is 0 Å². The zero-order chi connectivity index (χ0) is 10.8. The van der Waals surface area contributed by atoms with Gasteiger partial charge in [0, 0.05) is 23.7 Å². The zero-order valence-electron chi connectivity index (χ0n) is 9.65. The van der Waals surface area contributed by atoms with E-state index in [4.69, 9.17) is 4.98 Å². The first-order valence-corrected chi connectivity index (χ1v) is 6.47. The maximum Gasteiger partial charge on any atom is 0.131 e. The lowest BCUT2D eigenvalue weighted by molar-refractivity contribution is 0.402. The summed E-state index contributed by atoms with van der Waals surface area (Å²) < 4.78 is 0. The third kappa shape index (κ3) is 1.96. The number of hydrogen-bond donors (Lipinski definition) is 1. The molecule has 0 radical (unpaired) electrons. The Morgan fingerprint density at radius 2 is 1.88 bits per heavy atom. The number of rotatable bonds is 2. The lowest BCUT2D eigenvalue weighted by Crippen LogP contribution is -2.27. The molecule has 2 aliphatic rings. The van der Waals surface area contributed by atoms with Gasteiger partial charge in [-0.1, -0.05) is 6.42 Å². The molecular weight excluding hydrogens is 198 g/mol. The average Bonchev–Trinajstić information content (AvgIpc) is 2.28. The Morgan fingerprint density at radius 1 is 1.06 bits per heavy atom. The van der Waals surface area contributed by atoms with Crippen LogP contribution in [0, 0.1) is 0 Å². The fraction of sp³-hybridized carbons (Fsp3) is 0.692. The van der Waals surface area contributed by atoms with Gasteiger partial charge >= 0.3 is 0 Å². The van der Waals surface area contributed by atoms with Gasteiger partial charge in [-0.2, -0.15) is 0 Å². The quantitative estimate of drug-likeness (QED) is 0.825. The van der Waals surface area contributed by atoms with Crippen molar-refractivity contribution in [1.82, 2.24) is 15.3 Å². The molecule has 3 rings (SSSR count). The van der Waals surface area contributed by atoms with Crippen molar-refractivity contribution in [2.75, 3.05) is 13.1 Å². The fourth-order valence-corrected chi connectivity index (χ4v) is 2.60. The molecule has 1 aliphatic heterocycles. The van der Waals surface area contributed by atoms with Gasteiger partial charge in [-0.15, -0.1) is 0 Å². The second-order valence-corrected chi connectivity index (χ2v) is 4.99. The van der Waals surface area contributed by atoms with E-state index in [2.05, 4.69) is 16.4 Å². The van der Waals surface area contributed by atoms with E-state index in [1.807, 2.05) is 6.20 Å². The Labute approximate surface area is 96.7 Å². The third-order valence-corrected chi connectivity index (χ3v) is 3.92. The van der Waals surface area contributed by atoms with Crippen LogP contribution in [0.25, 0.3) is 0 Å². The summed E-state index contributed by atoms with van der Waals surface area (Å²) in [5.74, 6) is 2.40. The van der Waals surface area contributed by atoms with Crippen molar-refractivity contribution >= 4 is 0 Å². The van der Waals surface area contributed by atoms with Crippen molar-refractivity contribution in [3.05, 3.63) is 23.8 Å². The van der Waals surface area contributed by atoms with Crippen molar-refractivity contribution in [3.8, 4) is 0 Å². The second kappa shape index (κ2) is 4.50. The van der Waals surface area contributed by atoms with Crippen LogP contribution in [0.4, 0.5) is 0 Å². The van der Waals surface area contributed by atoms with E-state index in [1.165, 1.54) is 37.8 Å². The lowest BCUT2D eigenvalue weighted by Gasteiger charge is -2.26. The van der Waals surface area contributed by atoms with E-state index in [0.717, 1.165) is 24.8 Å². The van der Waals surface area contributed by atoms with Crippen LogP contribution >= 0.6 is 0 Å². The molecule has 3 nitrogen and oxygen atoms in total. The number of hydrogen-bond acceptors (Lipinski definition) is 3. The van der Waals surface area contributed by atoms with Crippen molar-refractivity contribution in [2.24, 2.45) is 0 Å². The number of nitrogens with one attached hydrogen (secondary N) is 1. The van der Waals surface area contributed by atoms with Gasteiger partial charge in [0.25, 0.3) is 0 Å². The summed E-state index contributed by atoms with van der Waals surface area (Å²) in [6.07, 6.45) is 8.35. The van der Waals surface area contributed by atoms with Crippen LogP contribution < -0.4 is 5.32 Å². The minimum Gasteiger partial charge on any atom is -0.317 e. The van der Waals surface area contributed by atoms with Gasteiger partial charge in [0.15, 0.2) is 0 Å². The Hall–Kier alpha value is -0.960. The van der Waals surface area contributed by atoms with E-state index in [-0.39, 0.29) is 0 Å². The number of nitrogens with zero attached hydrogens (tertiary/aromatic N) is 2. The molecule has 0 amide bonds. The van der Waals surface area contributed by atoms with Gasteiger partial charge in [0.05, 0.1) is 0 Å². The molecule has 86 valence electrons. The highest BCUT2D eigenvalue weighted by molar-refractivity contribution is 5.13. The molecule has 0 aromatic carbocycles. The predicted octanol–water partition coefficient (Wildman–Crippen LogP) is 2.21. The molecule has 0 unspecified atom stereocenters. The monoisotopic (exact) mass is 217 g/mol. The molecule has 16 heavy (non-hydrogen) atoms.